The van der Waals surface area contributed by atoms with Gasteiger partial charge in [0.2, 0.25) is 0 Å². The average molecular weight is 358 g/mol. The van der Waals surface area contributed by atoms with Crippen molar-refractivity contribution in [2.45, 2.75) is 32.4 Å². The molecule has 0 aromatic heterocycles. The van der Waals surface area contributed by atoms with Gasteiger partial charge in [-0.1, -0.05) is 5.10 Å². The summed E-state index contributed by atoms with van der Waals surface area (Å²) in [7, 11) is 1.68. The van der Waals surface area contributed by atoms with Gasteiger partial charge in [0.15, 0.2) is 0 Å². The first-order valence-corrected chi connectivity index (χ1v) is 9.12. The minimum Gasteiger partial charge on any atom is -0.497 e. The highest BCUT2D eigenvalue weighted by atomic mass is 16.5. The molecule has 2 aliphatic heterocycles. The van der Waals surface area contributed by atoms with Gasteiger partial charge in [-0.3, -0.25) is 0 Å². The Morgan fingerprint density at radius 2 is 2.04 bits per heavy atom. The van der Waals surface area contributed by atoms with Crippen molar-refractivity contribution in [3.05, 3.63) is 41.7 Å². The second kappa shape index (κ2) is 7.78. The molecule has 3 rings (SSSR count). The summed E-state index contributed by atoms with van der Waals surface area (Å²) >= 11 is 0. The van der Waals surface area contributed by atoms with Gasteiger partial charge in [0.1, 0.15) is 37.0 Å². The molecule has 140 valence electrons. The molecule has 1 aromatic rings. The number of nitrogens with zero attached hydrogens (tertiary/aromatic N) is 3. The van der Waals surface area contributed by atoms with Gasteiger partial charge in [-0.2, -0.15) is 4.59 Å². The number of nitrogens with one attached hydrogen (secondary N) is 1. The number of nitrogens with two attached hydrogens (primary N) is 1. The van der Waals surface area contributed by atoms with Crippen molar-refractivity contribution in [2.75, 3.05) is 26.7 Å². The first kappa shape index (κ1) is 18.3. The van der Waals surface area contributed by atoms with Crippen LogP contribution in [0.1, 0.15) is 25.3 Å². The molecule has 7 heteroatoms. The molecule has 7 nitrogen and oxygen atoms in total. The van der Waals surface area contributed by atoms with Crippen LogP contribution < -0.4 is 15.8 Å². The Hall–Kier alpha value is -2.54. The SMILES string of the molecule is CC[N+]1(Cc2ccc(OC)cc2)C=C(NC2CCN(C(N)=O)CC2)C=N1. The quantitative estimate of drug-likeness (QED) is 0.764. The van der Waals surface area contributed by atoms with E-state index in [0.29, 0.717) is 23.7 Å². The number of quaternary nitrogens is 1. The summed E-state index contributed by atoms with van der Waals surface area (Å²) < 4.78 is 5.78. The first-order valence-electron chi connectivity index (χ1n) is 9.12. The predicted molar refractivity (Wildman–Crippen MR) is 101 cm³/mol. The van der Waals surface area contributed by atoms with E-state index < -0.39 is 0 Å². The molecule has 0 aliphatic carbocycles. The number of allylic oxidation sites excluding steroid dienone is 1. The van der Waals surface area contributed by atoms with E-state index in [-0.39, 0.29) is 6.03 Å². The van der Waals surface area contributed by atoms with E-state index in [9.17, 15) is 4.79 Å². The van der Waals surface area contributed by atoms with Crippen molar-refractivity contribution in [1.29, 1.82) is 0 Å². The second-order valence-corrected chi connectivity index (χ2v) is 6.88. The first-order chi connectivity index (χ1) is 12.5. The van der Waals surface area contributed by atoms with Crippen molar-refractivity contribution in [3.8, 4) is 5.75 Å². The molecule has 1 aromatic carbocycles. The summed E-state index contributed by atoms with van der Waals surface area (Å²) in [4.78, 5) is 12.9. The maximum atomic E-state index is 11.2. The highest BCUT2D eigenvalue weighted by Gasteiger charge is 2.30. The van der Waals surface area contributed by atoms with Crippen LogP contribution in [0.2, 0.25) is 0 Å². The summed E-state index contributed by atoms with van der Waals surface area (Å²) in [5.41, 5.74) is 7.62. The molecule has 1 atom stereocenters. The minimum atomic E-state index is -0.328. The van der Waals surface area contributed by atoms with Crippen LogP contribution in [0.15, 0.2) is 41.3 Å². The van der Waals surface area contributed by atoms with Crippen LogP contribution >= 0.6 is 0 Å². The highest BCUT2D eigenvalue weighted by molar-refractivity contribution is 5.78. The van der Waals surface area contributed by atoms with E-state index in [4.69, 9.17) is 15.6 Å². The fourth-order valence-electron chi connectivity index (χ4n) is 3.48. The molecule has 26 heavy (non-hydrogen) atoms. The van der Waals surface area contributed by atoms with Gasteiger partial charge >= 0.3 is 6.03 Å². The number of urea groups is 1. The lowest BCUT2D eigenvalue weighted by Crippen LogP contribution is -2.46. The van der Waals surface area contributed by atoms with Crippen LogP contribution in [0, 0.1) is 0 Å². The zero-order valence-electron chi connectivity index (χ0n) is 15.5. The number of rotatable bonds is 6. The normalized spacial score (nSPS) is 23.0. The summed E-state index contributed by atoms with van der Waals surface area (Å²) in [5, 5.41) is 8.32. The number of methoxy groups -OCH3 is 1. The summed E-state index contributed by atoms with van der Waals surface area (Å²) in [6.07, 6.45) is 5.91. The van der Waals surface area contributed by atoms with Gasteiger partial charge in [0.25, 0.3) is 0 Å². The number of carbonyl (C=O) groups is 1. The number of amides is 2. The van der Waals surface area contributed by atoms with E-state index in [1.54, 1.807) is 12.0 Å². The van der Waals surface area contributed by atoms with Gasteiger partial charge in [0, 0.05) is 24.7 Å². The van der Waals surface area contributed by atoms with Crippen molar-refractivity contribution in [1.82, 2.24) is 10.2 Å². The largest absolute Gasteiger partial charge is 0.497 e. The number of hydrogen-bond acceptors (Lipinski definition) is 4. The third-order valence-electron chi connectivity index (χ3n) is 5.15. The molecular weight excluding hydrogens is 330 g/mol. The Kier molecular flexibility index (Phi) is 5.46. The van der Waals surface area contributed by atoms with E-state index in [2.05, 4.69) is 30.6 Å². The molecular formula is C19H28N5O2+. The maximum Gasteiger partial charge on any atom is 0.314 e. The zero-order valence-corrected chi connectivity index (χ0v) is 15.5. The molecule has 1 fully saturated rings. The Bertz CT molecular complexity index is 692. The van der Waals surface area contributed by atoms with Crippen LogP contribution in [0.4, 0.5) is 4.79 Å². The standard InChI is InChI=1S/C19H27N5O2/c1-3-24(13-15-4-6-18(26-2)7-5-15)14-17(12-21-24)22-16-8-10-23(11-9-16)19(20)25/h4-7,12,14,16,22H,3,8-11,13H2,1-2H3,(H-,20,25)/p+1. The number of primary amides is 1. The number of hydrogen-bond donors (Lipinski definition) is 2. The Morgan fingerprint density at radius 3 is 2.62 bits per heavy atom. The van der Waals surface area contributed by atoms with E-state index in [1.165, 1.54) is 5.56 Å². The van der Waals surface area contributed by atoms with Crippen molar-refractivity contribution >= 4 is 12.2 Å². The number of benzene rings is 1. The third kappa shape index (κ3) is 4.16. The molecule has 2 aliphatic rings. The van der Waals surface area contributed by atoms with Crippen molar-refractivity contribution < 1.29 is 14.1 Å². The second-order valence-electron chi connectivity index (χ2n) is 6.88. The molecule has 2 heterocycles. The fourth-order valence-corrected chi connectivity index (χ4v) is 3.48. The van der Waals surface area contributed by atoms with Gasteiger partial charge in [-0.05, 0) is 44.0 Å². The monoisotopic (exact) mass is 358 g/mol. The number of piperidine rings is 1. The smallest absolute Gasteiger partial charge is 0.314 e. The maximum absolute atomic E-state index is 11.2. The van der Waals surface area contributed by atoms with Gasteiger partial charge in [-0.15, -0.1) is 0 Å². The summed E-state index contributed by atoms with van der Waals surface area (Å²) in [5.74, 6) is 0.863. The molecule has 0 bridgehead atoms. The fraction of sp³-hybridized carbons (Fsp3) is 0.474. The average Bonchev–Trinajstić information content (AvgIpc) is 3.06. The Morgan fingerprint density at radius 1 is 1.35 bits per heavy atom. The van der Waals surface area contributed by atoms with Crippen molar-refractivity contribution in [2.24, 2.45) is 10.8 Å². The van der Waals surface area contributed by atoms with Gasteiger partial charge in [0.05, 0.1) is 7.11 Å². The molecule has 1 saturated heterocycles. The lowest BCUT2D eigenvalue weighted by atomic mass is 10.1. The van der Waals surface area contributed by atoms with Crippen LogP contribution in [-0.4, -0.2) is 54.5 Å². The number of ether oxygens (including phenoxy) is 1. The van der Waals surface area contributed by atoms with Crippen LogP contribution in [0.3, 0.4) is 0 Å². The summed E-state index contributed by atoms with van der Waals surface area (Å²) in [6, 6.07) is 8.16. The van der Waals surface area contributed by atoms with Gasteiger partial charge in [-0.25, -0.2) is 4.79 Å². The molecule has 1 unspecified atom stereocenters. The van der Waals surface area contributed by atoms with Crippen LogP contribution in [-0.2, 0) is 6.54 Å². The van der Waals surface area contributed by atoms with Crippen molar-refractivity contribution in [3.63, 3.8) is 0 Å². The lowest BCUT2D eigenvalue weighted by Gasteiger charge is -2.31. The zero-order chi connectivity index (χ0) is 18.6. The van der Waals surface area contributed by atoms with Crippen LogP contribution in [0.5, 0.6) is 5.75 Å². The molecule has 2 amide bonds. The van der Waals surface area contributed by atoms with E-state index in [0.717, 1.165) is 37.4 Å². The molecule has 3 N–H and O–H groups in total. The van der Waals surface area contributed by atoms with E-state index >= 15 is 0 Å². The highest BCUT2D eigenvalue weighted by Crippen LogP contribution is 2.24. The van der Waals surface area contributed by atoms with E-state index in [1.807, 2.05) is 18.3 Å². The summed E-state index contributed by atoms with van der Waals surface area (Å²) in [6.45, 7) is 5.25. The Labute approximate surface area is 154 Å². The minimum absolute atomic E-state index is 0.328. The number of likely N-dealkylation sites (tertiary alicyclic amines) is 1. The molecule has 0 spiro atoms. The molecule has 0 saturated carbocycles. The Balaban J connectivity index is 1.61. The molecule has 0 radical (unpaired) electrons. The lowest BCUT2D eigenvalue weighted by molar-refractivity contribution is -0.895. The topological polar surface area (TPSA) is 80.0 Å². The number of carbonyl (C=O) groups excluding carboxylic acids is 1. The predicted octanol–water partition coefficient (Wildman–Crippen LogP) is 2.01. The van der Waals surface area contributed by atoms with Crippen LogP contribution in [0.25, 0.3) is 0 Å². The third-order valence-corrected chi connectivity index (χ3v) is 5.15. The van der Waals surface area contributed by atoms with Gasteiger partial charge < -0.3 is 20.7 Å².